The quantitative estimate of drug-likeness (QED) is 0.917. The molecule has 1 N–H and O–H groups in total. The average Bonchev–Trinajstić information content (AvgIpc) is 2.62. The van der Waals surface area contributed by atoms with E-state index in [1.165, 1.54) is 0 Å². The summed E-state index contributed by atoms with van der Waals surface area (Å²) in [6.07, 6.45) is -1.82. The maximum Gasteiger partial charge on any atom is 0.175 e. The number of hydrogen-bond acceptors (Lipinski definition) is 5. The first-order valence-corrected chi connectivity index (χ1v) is 7.88. The van der Waals surface area contributed by atoms with Crippen molar-refractivity contribution in [3.63, 3.8) is 0 Å². The molecular formula is C19H16O5. The van der Waals surface area contributed by atoms with Crippen LogP contribution in [0.2, 0.25) is 0 Å². The second kappa shape index (κ2) is 5.76. The summed E-state index contributed by atoms with van der Waals surface area (Å²) in [6.45, 7) is 0.0761. The van der Waals surface area contributed by atoms with E-state index in [0.29, 0.717) is 22.6 Å². The van der Waals surface area contributed by atoms with Gasteiger partial charge in [-0.1, -0.05) is 24.3 Å². The Morgan fingerprint density at radius 1 is 0.958 bits per heavy atom. The molecule has 2 aliphatic heterocycles. The Kier molecular flexibility index (Phi) is 3.58. The highest BCUT2D eigenvalue weighted by atomic mass is 16.5. The summed E-state index contributed by atoms with van der Waals surface area (Å²) in [5, 5.41) is 10.7. The normalized spacial score (nSPS) is 23.5. The second-order valence-electron chi connectivity index (χ2n) is 6.05. The Morgan fingerprint density at radius 3 is 2.42 bits per heavy atom. The summed E-state index contributed by atoms with van der Waals surface area (Å²) in [4.78, 5) is 24.9. The lowest BCUT2D eigenvalue weighted by molar-refractivity contribution is -0.0179. The smallest absolute Gasteiger partial charge is 0.175 e. The number of ether oxygens (including phenoxy) is 2. The lowest BCUT2D eigenvalue weighted by Crippen LogP contribution is -2.47. The van der Waals surface area contributed by atoms with Crippen LogP contribution in [-0.2, 0) is 0 Å². The van der Waals surface area contributed by atoms with Gasteiger partial charge in [0.2, 0.25) is 0 Å². The lowest BCUT2D eigenvalue weighted by atomic mass is 9.85. The van der Waals surface area contributed by atoms with Crippen LogP contribution < -0.4 is 9.47 Å². The molecule has 0 aliphatic carbocycles. The van der Waals surface area contributed by atoms with Crippen molar-refractivity contribution in [2.45, 2.75) is 18.6 Å². The number of aliphatic hydroxyl groups excluding tert-OH is 1. The number of benzene rings is 2. The standard InChI is InChI=1S/C19H16O5/c20-14-9-17(24-16-8-4-1-5-11(14)16)19(22)13-10-23-15-7-3-2-6-12(15)18(13)21/h1-8,13,17,19,22H,9-10H2/t13?,17-,19?/m0/s1. The van der Waals surface area contributed by atoms with Crippen LogP contribution in [0, 0.1) is 5.92 Å². The zero-order valence-electron chi connectivity index (χ0n) is 12.8. The summed E-state index contributed by atoms with van der Waals surface area (Å²) in [5.74, 6) is -0.0491. The average molecular weight is 324 g/mol. The van der Waals surface area contributed by atoms with E-state index in [9.17, 15) is 14.7 Å². The summed E-state index contributed by atoms with van der Waals surface area (Å²) < 4.78 is 11.4. The van der Waals surface area contributed by atoms with Crippen LogP contribution in [0.1, 0.15) is 27.1 Å². The van der Waals surface area contributed by atoms with Crippen LogP contribution in [-0.4, -0.2) is 35.5 Å². The van der Waals surface area contributed by atoms with Crippen molar-refractivity contribution in [1.82, 2.24) is 0 Å². The first kappa shape index (κ1) is 14.9. The molecule has 2 aromatic carbocycles. The van der Waals surface area contributed by atoms with E-state index in [2.05, 4.69) is 0 Å². The minimum Gasteiger partial charge on any atom is -0.492 e. The number of rotatable bonds is 2. The van der Waals surface area contributed by atoms with Crippen molar-refractivity contribution in [3.8, 4) is 11.5 Å². The number of carbonyl (C=O) groups excluding carboxylic acids is 2. The lowest BCUT2D eigenvalue weighted by Gasteiger charge is -2.34. The molecule has 0 radical (unpaired) electrons. The van der Waals surface area contributed by atoms with Gasteiger partial charge in [0.1, 0.15) is 30.3 Å². The molecule has 2 aliphatic rings. The monoisotopic (exact) mass is 324 g/mol. The van der Waals surface area contributed by atoms with Crippen molar-refractivity contribution < 1.29 is 24.2 Å². The van der Waals surface area contributed by atoms with E-state index < -0.39 is 18.1 Å². The van der Waals surface area contributed by atoms with Crippen molar-refractivity contribution >= 4 is 11.6 Å². The Balaban J connectivity index is 1.58. The molecule has 4 rings (SSSR count). The zero-order valence-corrected chi connectivity index (χ0v) is 12.8. The maximum absolute atomic E-state index is 12.6. The minimum atomic E-state index is -1.11. The van der Waals surface area contributed by atoms with Crippen LogP contribution >= 0.6 is 0 Å². The Hall–Kier alpha value is -2.66. The van der Waals surface area contributed by atoms with Crippen molar-refractivity contribution in [3.05, 3.63) is 59.7 Å². The molecule has 0 fully saturated rings. The van der Waals surface area contributed by atoms with Gasteiger partial charge in [0.15, 0.2) is 11.6 Å². The van der Waals surface area contributed by atoms with Gasteiger partial charge in [-0.05, 0) is 24.3 Å². The topological polar surface area (TPSA) is 72.8 Å². The van der Waals surface area contributed by atoms with Crippen molar-refractivity contribution in [1.29, 1.82) is 0 Å². The SMILES string of the molecule is O=C1C[C@@H](C(O)C2COc3ccccc3C2=O)Oc2ccccc21. The van der Waals surface area contributed by atoms with Crippen molar-refractivity contribution in [2.24, 2.45) is 5.92 Å². The zero-order chi connectivity index (χ0) is 16.7. The van der Waals surface area contributed by atoms with Crippen LogP contribution in [0.25, 0.3) is 0 Å². The first-order chi connectivity index (χ1) is 11.6. The van der Waals surface area contributed by atoms with Crippen LogP contribution in [0.15, 0.2) is 48.5 Å². The van der Waals surface area contributed by atoms with E-state index in [-0.39, 0.29) is 24.6 Å². The molecule has 2 aromatic rings. The fourth-order valence-corrected chi connectivity index (χ4v) is 3.25. The van der Waals surface area contributed by atoms with E-state index in [0.717, 1.165) is 0 Å². The predicted octanol–water partition coefficient (Wildman–Crippen LogP) is 2.27. The molecule has 5 heteroatoms. The number of Topliss-reactive ketones (excluding diaryl/α,β-unsaturated/α-hetero) is 2. The van der Waals surface area contributed by atoms with Crippen LogP contribution in [0.3, 0.4) is 0 Å². The van der Waals surface area contributed by atoms with E-state index in [4.69, 9.17) is 9.47 Å². The summed E-state index contributed by atoms with van der Waals surface area (Å²) >= 11 is 0. The van der Waals surface area contributed by atoms with E-state index >= 15 is 0 Å². The third-order valence-corrected chi connectivity index (χ3v) is 4.55. The van der Waals surface area contributed by atoms with Crippen LogP contribution in [0.5, 0.6) is 11.5 Å². The van der Waals surface area contributed by atoms with Gasteiger partial charge in [-0.3, -0.25) is 9.59 Å². The fraction of sp³-hybridized carbons (Fsp3) is 0.263. The Labute approximate surface area is 138 Å². The van der Waals surface area contributed by atoms with Gasteiger partial charge in [-0.25, -0.2) is 0 Å². The van der Waals surface area contributed by atoms with E-state index in [1.807, 2.05) is 0 Å². The molecule has 0 aromatic heterocycles. The number of hydrogen-bond donors (Lipinski definition) is 1. The molecule has 2 unspecified atom stereocenters. The van der Waals surface area contributed by atoms with Gasteiger partial charge in [-0.15, -0.1) is 0 Å². The molecule has 122 valence electrons. The third-order valence-electron chi connectivity index (χ3n) is 4.55. The molecule has 0 spiro atoms. The van der Waals surface area contributed by atoms with Crippen molar-refractivity contribution in [2.75, 3.05) is 6.61 Å². The van der Waals surface area contributed by atoms with Crippen LogP contribution in [0.4, 0.5) is 0 Å². The molecule has 5 nitrogen and oxygen atoms in total. The molecule has 0 bridgehead atoms. The maximum atomic E-state index is 12.6. The molecule has 24 heavy (non-hydrogen) atoms. The minimum absolute atomic E-state index is 0.0452. The molecular weight excluding hydrogens is 308 g/mol. The second-order valence-corrected chi connectivity index (χ2v) is 6.05. The first-order valence-electron chi connectivity index (χ1n) is 7.88. The van der Waals surface area contributed by atoms with E-state index in [1.54, 1.807) is 48.5 Å². The molecule has 2 heterocycles. The molecule has 3 atom stereocenters. The van der Waals surface area contributed by atoms with Gasteiger partial charge in [0, 0.05) is 0 Å². The highest BCUT2D eigenvalue weighted by molar-refractivity contribution is 6.02. The summed E-state index contributed by atoms with van der Waals surface area (Å²) in [5.41, 5.74) is 0.966. The van der Waals surface area contributed by atoms with Gasteiger partial charge >= 0.3 is 0 Å². The van der Waals surface area contributed by atoms with Gasteiger partial charge in [-0.2, -0.15) is 0 Å². The molecule has 0 amide bonds. The summed E-state index contributed by atoms with van der Waals surface area (Å²) in [6, 6.07) is 13.9. The van der Waals surface area contributed by atoms with Gasteiger partial charge in [0.05, 0.1) is 23.5 Å². The number of ketones is 2. The Morgan fingerprint density at radius 2 is 1.62 bits per heavy atom. The number of carbonyl (C=O) groups is 2. The number of fused-ring (bicyclic) bond motifs is 2. The predicted molar refractivity (Wildman–Crippen MR) is 85.6 cm³/mol. The van der Waals surface area contributed by atoms with Gasteiger partial charge < -0.3 is 14.6 Å². The fourth-order valence-electron chi connectivity index (χ4n) is 3.25. The highest BCUT2D eigenvalue weighted by Crippen LogP contribution is 2.33. The number of para-hydroxylation sites is 2. The third kappa shape index (κ3) is 2.37. The van der Waals surface area contributed by atoms with Gasteiger partial charge in [0.25, 0.3) is 0 Å². The Bertz CT molecular complexity index is 813. The molecule has 0 saturated heterocycles. The molecule has 0 saturated carbocycles. The summed E-state index contributed by atoms with van der Waals surface area (Å²) in [7, 11) is 0. The number of aliphatic hydroxyl groups is 1. The highest BCUT2D eigenvalue weighted by Gasteiger charge is 2.41. The largest absolute Gasteiger partial charge is 0.492 e.